The van der Waals surface area contributed by atoms with Crippen molar-refractivity contribution >= 4 is 23.2 Å². The lowest BCUT2D eigenvalue weighted by Gasteiger charge is -2.34. The van der Waals surface area contributed by atoms with Crippen LogP contribution in [0.15, 0.2) is 42.5 Å². The molecule has 4 nitrogen and oxygen atoms in total. The molecular weight excluding hydrogens is 324 g/mol. The zero-order valence-corrected chi connectivity index (χ0v) is 14.6. The van der Waals surface area contributed by atoms with E-state index in [1.54, 1.807) is 11.8 Å². The summed E-state index contributed by atoms with van der Waals surface area (Å²) in [5.74, 6) is 0.617. The van der Waals surface area contributed by atoms with Gasteiger partial charge >= 0.3 is 0 Å². The highest BCUT2D eigenvalue weighted by molar-refractivity contribution is 6.31. The van der Waals surface area contributed by atoms with Crippen molar-refractivity contribution < 1.29 is 9.53 Å². The van der Waals surface area contributed by atoms with Gasteiger partial charge in [-0.25, -0.2) is 0 Å². The van der Waals surface area contributed by atoms with Crippen LogP contribution in [0.4, 0.5) is 5.69 Å². The van der Waals surface area contributed by atoms with E-state index in [1.807, 2.05) is 49.4 Å². The Bertz CT molecular complexity index is 763. The molecule has 0 saturated heterocycles. The van der Waals surface area contributed by atoms with Crippen LogP contribution in [-0.2, 0) is 11.3 Å². The lowest BCUT2D eigenvalue weighted by Crippen LogP contribution is -2.44. The molecule has 2 unspecified atom stereocenters. The summed E-state index contributed by atoms with van der Waals surface area (Å²) in [5.41, 5.74) is 8.79. The lowest BCUT2D eigenvalue weighted by atomic mass is 10.0. The SMILES string of the molecule is CCC(N)c1ccc2c(c1)N(Cc1ccccc1Cl)C(=O)C(C)O2. The number of amides is 1. The largest absolute Gasteiger partial charge is 0.479 e. The Kier molecular flexibility index (Phi) is 4.78. The molecule has 0 saturated carbocycles. The second kappa shape index (κ2) is 6.83. The van der Waals surface area contributed by atoms with E-state index >= 15 is 0 Å². The molecule has 1 amide bonds. The van der Waals surface area contributed by atoms with Gasteiger partial charge in [0, 0.05) is 11.1 Å². The fourth-order valence-corrected chi connectivity index (χ4v) is 3.05. The van der Waals surface area contributed by atoms with E-state index in [0.29, 0.717) is 17.3 Å². The highest BCUT2D eigenvalue weighted by Gasteiger charge is 2.32. The number of hydrogen-bond acceptors (Lipinski definition) is 3. The number of rotatable bonds is 4. The van der Waals surface area contributed by atoms with Crippen LogP contribution >= 0.6 is 11.6 Å². The first kappa shape index (κ1) is 16.8. The fourth-order valence-electron chi connectivity index (χ4n) is 2.85. The molecule has 1 aliphatic heterocycles. The number of nitrogens with zero attached hydrogens (tertiary/aromatic N) is 1. The van der Waals surface area contributed by atoms with Gasteiger partial charge in [-0.15, -0.1) is 0 Å². The van der Waals surface area contributed by atoms with Crippen LogP contribution in [0, 0.1) is 0 Å². The van der Waals surface area contributed by atoms with Crippen molar-refractivity contribution in [1.82, 2.24) is 0 Å². The topological polar surface area (TPSA) is 55.6 Å². The van der Waals surface area contributed by atoms with Crippen LogP contribution in [0.3, 0.4) is 0 Å². The summed E-state index contributed by atoms with van der Waals surface area (Å²) < 4.78 is 5.75. The molecule has 2 aromatic rings. The van der Waals surface area contributed by atoms with Crippen LogP contribution in [0.25, 0.3) is 0 Å². The number of benzene rings is 2. The number of fused-ring (bicyclic) bond motifs is 1. The summed E-state index contributed by atoms with van der Waals surface area (Å²) in [5, 5.41) is 0.646. The van der Waals surface area contributed by atoms with E-state index < -0.39 is 6.10 Å². The Morgan fingerprint density at radius 3 is 2.75 bits per heavy atom. The quantitative estimate of drug-likeness (QED) is 0.909. The van der Waals surface area contributed by atoms with Gasteiger partial charge in [-0.3, -0.25) is 4.79 Å². The van der Waals surface area contributed by atoms with Crippen LogP contribution in [0.2, 0.25) is 5.02 Å². The van der Waals surface area contributed by atoms with Crippen LogP contribution < -0.4 is 15.4 Å². The van der Waals surface area contributed by atoms with E-state index in [0.717, 1.165) is 23.2 Å². The molecule has 1 aliphatic rings. The molecule has 0 bridgehead atoms. The molecular formula is C19H21ClN2O2. The second-order valence-electron chi connectivity index (χ2n) is 6.02. The number of anilines is 1. The van der Waals surface area contributed by atoms with Crippen molar-refractivity contribution in [3.05, 3.63) is 58.6 Å². The molecule has 2 N–H and O–H groups in total. The molecule has 2 atom stereocenters. The monoisotopic (exact) mass is 344 g/mol. The molecule has 0 aromatic heterocycles. The Labute approximate surface area is 147 Å². The molecule has 126 valence electrons. The summed E-state index contributed by atoms with van der Waals surface area (Å²) in [7, 11) is 0. The average Bonchev–Trinajstić information content (AvgIpc) is 2.59. The molecule has 1 heterocycles. The summed E-state index contributed by atoms with van der Waals surface area (Å²) in [4.78, 5) is 14.4. The van der Waals surface area contributed by atoms with Gasteiger partial charge in [0.2, 0.25) is 0 Å². The van der Waals surface area contributed by atoms with Crippen molar-refractivity contribution in [2.24, 2.45) is 5.73 Å². The first-order valence-corrected chi connectivity index (χ1v) is 8.50. The fraction of sp³-hybridized carbons (Fsp3) is 0.316. The van der Waals surface area contributed by atoms with Crippen LogP contribution in [-0.4, -0.2) is 12.0 Å². The van der Waals surface area contributed by atoms with Gasteiger partial charge in [0.1, 0.15) is 5.75 Å². The predicted octanol–water partition coefficient (Wildman–Crippen LogP) is 4.06. The maximum atomic E-state index is 12.7. The van der Waals surface area contributed by atoms with Crippen LogP contribution in [0.1, 0.15) is 37.4 Å². The summed E-state index contributed by atoms with van der Waals surface area (Å²) >= 11 is 6.27. The Morgan fingerprint density at radius 1 is 1.29 bits per heavy atom. The first-order valence-electron chi connectivity index (χ1n) is 8.12. The molecule has 5 heteroatoms. The zero-order chi connectivity index (χ0) is 17.3. The molecule has 2 aromatic carbocycles. The smallest absolute Gasteiger partial charge is 0.268 e. The minimum Gasteiger partial charge on any atom is -0.479 e. The maximum absolute atomic E-state index is 12.7. The van der Waals surface area contributed by atoms with E-state index in [-0.39, 0.29) is 11.9 Å². The molecule has 0 aliphatic carbocycles. The number of carbonyl (C=O) groups is 1. The Balaban J connectivity index is 2.02. The molecule has 3 rings (SSSR count). The molecule has 24 heavy (non-hydrogen) atoms. The van der Waals surface area contributed by atoms with Crippen molar-refractivity contribution in [3.63, 3.8) is 0 Å². The minimum atomic E-state index is -0.523. The number of hydrogen-bond donors (Lipinski definition) is 1. The third-order valence-electron chi connectivity index (χ3n) is 4.35. The number of ether oxygens (including phenoxy) is 1. The predicted molar refractivity (Wildman–Crippen MR) is 96.4 cm³/mol. The first-order chi connectivity index (χ1) is 11.5. The van der Waals surface area contributed by atoms with E-state index in [9.17, 15) is 4.79 Å². The minimum absolute atomic E-state index is 0.0630. The van der Waals surface area contributed by atoms with Gasteiger partial charge in [0.25, 0.3) is 5.91 Å². The van der Waals surface area contributed by atoms with Gasteiger partial charge in [-0.1, -0.05) is 42.8 Å². The Morgan fingerprint density at radius 2 is 2.04 bits per heavy atom. The lowest BCUT2D eigenvalue weighted by molar-refractivity contribution is -0.125. The van der Waals surface area contributed by atoms with Crippen molar-refractivity contribution in [3.8, 4) is 5.75 Å². The summed E-state index contributed by atoms with van der Waals surface area (Å²) in [6.45, 7) is 4.20. The van der Waals surface area contributed by atoms with Gasteiger partial charge in [0.05, 0.1) is 12.2 Å². The van der Waals surface area contributed by atoms with Gasteiger partial charge in [-0.05, 0) is 42.7 Å². The Hall–Kier alpha value is -2.04. The van der Waals surface area contributed by atoms with Crippen molar-refractivity contribution in [2.75, 3.05) is 4.90 Å². The van der Waals surface area contributed by atoms with Crippen molar-refractivity contribution in [1.29, 1.82) is 0 Å². The van der Waals surface area contributed by atoms with E-state index in [4.69, 9.17) is 22.1 Å². The summed E-state index contributed by atoms with van der Waals surface area (Å²) in [6, 6.07) is 13.3. The molecule has 0 fully saturated rings. The standard InChI is InChI=1S/C19H21ClN2O2/c1-3-16(21)13-8-9-18-17(10-13)22(19(23)12(2)24-18)11-14-6-4-5-7-15(14)20/h4-10,12,16H,3,11,21H2,1-2H3. The van der Waals surface area contributed by atoms with Crippen LogP contribution in [0.5, 0.6) is 5.75 Å². The van der Waals surface area contributed by atoms with E-state index in [1.165, 1.54) is 0 Å². The van der Waals surface area contributed by atoms with Gasteiger partial charge in [0.15, 0.2) is 6.10 Å². The number of nitrogens with two attached hydrogens (primary N) is 1. The third kappa shape index (κ3) is 3.12. The summed E-state index contributed by atoms with van der Waals surface area (Å²) in [6.07, 6.45) is 0.305. The molecule has 0 spiro atoms. The zero-order valence-electron chi connectivity index (χ0n) is 13.8. The average molecular weight is 345 g/mol. The highest BCUT2D eigenvalue weighted by atomic mass is 35.5. The highest BCUT2D eigenvalue weighted by Crippen LogP contribution is 2.37. The molecule has 0 radical (unpaired) electrons. The number of carbonyl (C=O) groups excluding carboxylic acids is 1. The van der Waals surface area contributed by atoms with Gasteiger partial charge in [-0.2, -0.15) is 0 Å². The third-order valence-corrected chi connectivity index (χ3v) is 4.71. The van der Waals surface area contributed by atoms with Crippen molar-refractivity contribution in [2.45, 2.75) is 39.0 Å². The second-order valence-corrected chi connectivity index (χ2v) is 6.42. The van der Waals surface area contributed by atoms with E-state index in [2.05, 4.69) is 0 Å². The normalized spacial score (nSPS) is 18.1. The number of halogens is 1. The van der Waals surface area contributed by atoms with Gasteiger partial charge < -0.3 is 15.4 Å². The maximum Gasteiger partial charge on any atom is 0.268 e.